The second-order valence-corrected chi connectivity index (χ2v) is 5.60. The maximum Gasteiger partial charge on any atom is 0.0184 e. The minimum Gasteiger partial charge on any atom is -0.317 e. The summed E-state index contributed by atoms with van der Waals surface area (Å²) in [6.45, 7) is 6.72. The zero-order valence-electron chi connectivity index (χ0n) is 11.2. The molecule has 1 rings (SSSR count). The first-order valence-corrected chi connectivity index (χ1v) is 7.82. The summed E-state index contributed by atoms with van der Waals surface area (Å²) < 4.78 is 0. The third-order valence-corrected chi connectivity index (χ3v) is 3.79. The van der Waals surface area contributed by atoms with Gasteiger partial charge in [-0.3, -0.25) is 0 Å². The molecule has 0 fully saturated rings. The van der Waals surface area contributed by atoms with Crippen LogP contribution >= 0.6 is 11.8 Å². The van der Waals surface area contributed by atoms with Crippen LogP contribution in [0.15, 0.2) is 24.3 Å². The molecule has 0 spiro atoms. The second kappa shape index (κ2) is 9.55. The molecular formula is C15H25NS. The van der Waals surface area contributed by atoms with Gasteiger partial charge in [-0.25, -0.2) is 0 Å². The lowest BCUT2D eigenvalue weighted by molar-refractivity contribution is 0.635. The Bertz CT molecular complexity index is 299. The van der Waals surface area contributed by atoms with Gasteiger partial charge in [0, 0.05) is 5.75 Å². The van der Waals surface area contributed by atoms with Gasteiger partial charge in [-0.2, -0.15) is 11.8 Å². The molecule has 0 aromatic heterocycles. The van der Waals surface area contributed by atoms with E-state index in [1.807, 2.05) is 0 Å². The maximum atomic E-state index is 3.44. The van der Waals surface area contributed by atoms with Crippen molar-refractivity contribution >= 4 is 11.8 Å². The van der Waals surface area contributed by atoms with Crippen molar-refractivity contribution in [1.82, 2.24) is 5.32 Å². The SMILES string of the molecule is CCCNCCCCSCc1cccc(C)c1. The summed E-state index contributed by atoms with van der Waals surface area (Å²) >= 11 is 2.05. The largest absolute Gasteiger partial charge is 0.317 e. The van der Waals surface area contributed by atoms with Gasteiger partial charge in [0.05, 0.1) is 0 Å². The first-order chi connectivity index (χ1) is 8.33. The number of hydrogen-bond donors (Lipinski definition) is 1. The summed E-state index contributed by atoms with van der Waals surface area (Å²) in [7, 11) is 0. The van der Waals surface area contributed by atoms with Crippen LogP contribution in [0.3, 0.4) is 0 Å². The molecule has 0 saturated heterocycles. The summed E-state index contributed by atoms with van der Waals surface area (Å²) in [6, 6.07) is 8.83. The molecule has 0 amide bonds. The zero-order valence-corrected chi connectivity index (χ0v) is 12.0. The van der Waals surface area contributed by atoms with Gasteiger partial charge < -0.3 is 5.32 Å². The van der Waals surface area contributed by atoms with Crippen LogP contribution in [-0.2, 0) is 5.75 Å². The highest BCUT2D eigenvalue weighted by Crippen LogP contribution is 2.14. The average Bonchev–Trinajstić information content (AvgIpc) is 2.33. The van der Waals surface area contributed by atoms with Crippen molar-refractivity contribution in [1.29, 1.82) is 0 Å². The Hall–Kier alpha value is -0.470. The van der Waals surface area contributed by atoms with Crippen molar-refractivity contribution in [3.05, 3.63) is 35.4 Å². The predicted molar refractivity (Wildman–Crippen MR) is 79.7 cm³/mol. The lowest BCUT2D eigenvalue weighted by Gasteiger charge is -2.04. The fourth-order valence-corrected chi connectivity index (χ4v) is 2.72. The molecule has 17 heavy (non-hydrogen) atoms. The summed E-state index contributed by atoms with van der Waals surface area (Å²) in [5, 5.41) is 3.44. The van der Waals surface area contributed by atoms with Crippen LogP contribution in [0.2, 0.25) is 0 Å². The van der Waals surface area contributed by atoms with Gasteiger partial charge >= 0.3 is 0 Å². The molecular weight excluding hydrogens is 226 g/mol. The Labute approximate surface area is 110 Å². The van der Waals surface area contributed by atoms with Gasteiger partial charge in [0.15, 0.2) is 0 Å². The van der Waals surface area contributed by atoms with Crippen molar-refractivity contribution in [3.63, 3.8) is 0 Å². The highest BCUT2D eigenvalue weighted by atomic mass is 32.2. The number of hydrogen-bond acceptors (Lipinski definition) is 2. The molecule has 0 aliphatic rings. The van der Waals surface area contributed by atoms with Gasteiger partial charge in [-0.05, 0) is 50.6 Å². The number of unbranched alkanes of at least 4 members (excludes halogenated alkanes) is 1. The van der Waals surface area contributed by atoms with Gasteiger partial charge in [-0.15, -0.1) is 0 Å². The highest BCUT2D eigenvalue weighted by molar-refractivity contribution is 7.98. The molecule has 0 atom stereocenters. The normalized spacial score (nSPS) is 10.7. The van der Waals surface area contributed by atoms with Crippen LogP contribution in [0.5, 0.6) is 0 Å². The molecule has 0 aliphatic carbocycles. The van der Waals surface area contributed by atoms with Gasteiger partial charge in [0.25, 0.3) is 0 Å². The first-order valence-electron chi connectivity index (χ1n) is 6.67. The molecule has 0 bridgehead atoms. The first kappa shape index (κ1) is 14.6. The van der Waals surface area contributed by atoms with E-state index in [-0.39, 0.29) is 0 Å². The molecule has 96 valence electrons. The molecule has 0 aliphatic heterocycles. The molecule has 0 unspecified atom stereocenters. The van der Waals surface area contributed by atoms with Crippen LogP contribution in [0.4, 0.5) is 0 Å². The fourth-order valence-electron chi connectivity index (χ4n) is 1.75. The fraction of sp³-hybridized carbons (Fsp3) is 0.600. The number of rotatable bonds is 9. The summed E-state index contributed by atoms with van der Waals surface area (Å²) in [6.07, 6.45) is 3.87. The quantitative estimate of drug-likeness (QED) is 0.666. The number of aryl methyl sites for hydroxylation is 1. The summed E-state index contributed by atoms with van der Waals surface area (Å²) in [4.78, 5) is 0. The smallest absolute Gasteiger partial charge is 0.0184 e. The van der Waals surface area contributed by atoms with Crippen LogP contribution in [-0.4, -0.2) is 18.8 Å². The number of nitrogens with one attached hydrogen (secondary N) is 1. The third kappa shape index (κ3) is 7.45. The number of benzene rings is 1. The summed E-state index contributed by atoms with van der Waals surface area (Å²) in [5.41, 5.74) is 2.82. The molecule has 1 nitrogen and oxygen atoms in total. The van der Waals surface area contributed by atoms with Crippen LogP contribution in [0.1, 0.15) is 37.3 Å². The van der Waals surface area contributed by atoms with E-state index in [0.29, 0.717) is 0 Å². The Morgan fingerprint density at radius 2 is 2.06 bits per heavy atom. The van der Waals surface area contributed by atoms with Crippen molar-refractivity contribution in [2.24, 2.45) is 0 Å². The lowest BCUT2D eigenvalue weighted by atomic mass is 10.2. The summed E-state index contributed by atoms with van der Waals surface area (Å²) in [5.74, 6) is 2.44. The Kier molecular flexibility index (Phi) is 8.20. The second-order valence-electron chi connectivity index (χ2n) is 4.50. The monoisotopic (exact) mass is 251 g/mol. The molecule has 1 N–H and O–H groups in total. The van der Waals surface area contributed by atoms with Crippen LogP contribution < -0.4 is 5.32 Å². The van der Waals surface area contributed by atoms with Crippen molar-refractivity contribution < 1.29 is 0 Å². The molecule has 1 aromatic rings. The molecule has 1 aromatic carbocycles. The minimum absolute atomic E-state index is 1.16. The highest BCUT2D eigenvalue weighted by Gasteiger charge is 1.94. The van der Waals surface area contributed by atoms with Crippen LogP contribution in [0.25, 0.3) is 0 Å². The van der Waals surface area contributed by atoms with E-state index in [2.05, 4.69) is 55.2 Å². The van der Waals surface area contributed by atoms with E-state index >= 15 is 0 Å². The zero-order chi connectivity index (χ0) is 12.3. The van der Waals surface area contributed by atoms with Gasteiger partial charge in [0.1, 0.15) is 0 Å². The van der Waals surface area contributed by atoms with E-state index in [0.717, 1.165) is 12.3 Å². The third-order valence-electron chi connectivity index (χ3n) is 2.67. The standard InChI is InChI=1S/C15H25NS/c1-3-9-16-10-4-5-11-17-13-15-8-6-7-14(2)12-15/h6-8,12,16H,3-5,9-11,13H2,1-2H3. The van der Waals surface area contributed by atoms with Crippen molar-refractivity contribution in [2.45, 2.75) is 38.9 Å². The van der Waals surface area contributed by atoms with Gasteiger partial charge in [-0.1, -0.05) is 36.8 Å². The minimum atomic E-state index is 1.16. The molecule has 2 heteroatoms. The molecule has 0 radical (unpaired) electrons. The Morgan fingerprint density at radius 1 is 1.18 bits per heavy atom. The van der Waals surface area contributed by atoms with E-state index in [1.54, 1.807) is 0 Å². The van der Waals surface area contributed by atoms with E-state index < -0.39 is 0 Å². The van der Waals surface area contributed by atoms with Gasteiger partial charge in [0.2, 0.25) is 0 Å². The van der Waals surface area contributed by atoms with E-state index in [1.165, 1.54) is 42.7 Å². The topological polar surface area (TPSA) is 12.0 Å². The van der Waals surface area contributed by atoms with Crippen LogP contribution in [0, 0.1) is 6.92 Å². The number of thioether (sulfide) groups is 1. The molecule has 0 heterocycles. The maximum absolute atomic E-state index is 3.44. The van der Waals surface area contributed by atoms with Crippen molar-refractivity contribution in [3.8, 4) is 0 Å². The Morgan fingerprint density at radius 3 is 2.82 bits per heavy atom. The average molecular weight is 251 g/mol. The Balaban J connectivity index is 1.97. The van der Waals surface area contributed by atoms with Crippen molar-refractivity contribution in [2.75, 3.05) is 18.8 Å². The lowest BCUT2D eigenvalue weighted by Crippen LogP contribution is -2.15. The van der Waals surface area contributed by atoms with E-state index in [9.17, 15) is 0 Å². The van der Waals surface area contributed by atoms with E-state index in [4.69, 9.17) is 0 Å². The predicted octanol–water partition coefficient (Wildman–Crippen LogP) is 4.01. The molecule has 0 saturated carbocycles.